The van der Waals surface area contributed by atoms with Crippen molar-refractivity contribution >= 4 is 43.5 Å². The first-order valence-electron chi connectivity index (χ1n) is 17.3. The first-order chi connectivity index (χ1) is 19.9. The van der Waals surface area contributed by atoms with Gasteiger partial charge in [-0.15, -0.1) is 0 Å². The van der Waals surface area contributed by atoms with Gasteiger partial charge in [-0.05, 0) is 115 Å². The second-order valence-corrected chi connectivity index (χ2v) is 19.1. The van der Waals surface area contributed by atoms with E-state index in [1.54, 1.807) is 0 Å². The van der Waals surface area contributed by atoms with Crippen molar-refractivity contribution in [2.75, 3.05) is 0 Å². The van der Waals surface area contributed by atoms with Crippen LogP contribution in [0.3, 0.4) is 0 Å². The Bertz CT molecular complexity index is 1230. The lowest BCUT2D eigenvalue weighted by molar-refractivity contribution is -0.0856. The smallest absolute Gasteiger partial charge is 0.104 e. The van der Waals surface area contributed by atoms with E-state index < -0.39 is 3.41 Å². The van der Waals surface area contributed by atoms with Crippen molar-refractivity contribution in [1.82, 2.24) is 9.97 Å². The molecule has 11 unspecified atom stereocenters. The van der Waals surface area contributed by atoms with Gasteiger partial charge in [-0.2, -0.15) is 37.9 Å². The lowest BCUT2D eigenvalue weighted by Crippen LogP contribution is -2.54. The molecule has 0 bridgehead atoms. The topological polar surface area (TPSA) is 25.8 Å². The van der Waals surface area contributed by atoms with Crippen LogP contribution in [0, 0.1) is 69.5 Å². The molecule has 6 aliphatic carbocycles. The molecule has 0 aliphatic heterocycles. The van der Waals surface area contributed by atoms with Gasteiger partial charge in [0.25, 0.3) is 0 Å². The summed E-state index contributed by atoms with van der Waals surface area (Å²) < 4.78 is -0.689. The molecule has 6 aliphatic rings. The molecule has 5 heteroatoms. The van der Waals surface area contributed by atoms with Gasteiger partial charge in [0.15, 0.2) is 0 Å². The van der Waals surface area contributed by atoms with Crippen molar-refractivity contribution in [3.8, 4) is 0 Å². The standard InChI is InChI=1S/C35H50N2S3.C2H6.CH4/c1-7-21(12-19(2)3)13-22-8-9-26-25-15-29-31-28-14-24(30-18-36-23(17-37-30)16-34(38,39)40)20(4)33(6,35(28,29)31)27(25)10-11-32(22,26)5;1-2;/h14,17-19,21-22,25-29,31,38-40H,4,7-13,15-16H2,1-3,5-6H3;1-2H3;1H4. The molecule has 0 radical (unpaired) electrons. The van der Waals surface area contributed by atoms with Gasteiger partial charge in [0.05, 0.1) is 17.6 Å². The largest absolute Gasteiger partial charge is 0.257 e. The molecule has 0 N–H and O–H groups in total. The van der Waals surface area contributed by atoms with Gasteiger partial charge in [0.1, 0.15) is 3.41 Å². The molecule has 5 saturated carbocycles. The maximum absolute atomic E-state index is 4.91. The van der Waals surface area contributed by atoms with Gasteiger partial charge >= 0.3 is 0 Å². The minimum Gasteiger partial charge on any atom is -0.257 e. The normalized spacial score (nSPS) is 42.3. The summed E-state index contributed by atoms with van der Waals surface area (Å²) in [6.07, 6.45) is 18.4. The van der Waals surface area contributed by atoms with Crippen LogP contribution in [0.15, 0.2) is 30.6 Å². The van der Waals surface area contributed by atoms with Crippen LogP contribution < -0.4 is 0 Å². The fraction of sp³-hybridized carbons (Fsp3) is 0.789. The highest BCUT2D eigenvalue weighted by atomic mass is 32.2. The van der Waals surface area contributed by atoms with Gasteiger partial charge in [0.2, 0.25) is 0 Å². The fourth-order valence-corrected chi connectivity index (χ4v) is 12.6. The third-order valence-corrected chi connectivity index (χ3v) is 14.3. The van der Waals surface area contributed by atoms with Crippen LogP contribution in [0.25, 0.3) is 5.57 Å². The summed E-state index contributed by atoms with van der Waals surface area (Å²) in [6, 6.07) is 0. The van der Waals surface area contributed by atoms with E-state index in [0.717, 1.165) is 64.6 Å². The molecule has 1 aromatic heterocycles. The molecule has 43 heavy (non-hydrogen) atoms. The molecule has 240 valence electrons. The molecule has 0 aromatic carbocycles. The van der Waals surface area contributed by atoms with E-state index in [-0.39, 0.29) is 12.8 Å². The highest BCUT2D eigenvalue weighted by molar-refractivity contribution is 8.16. The van der Waals surface area contributed by atoms with Crippen molar-refractivity contribution in [2.45, 2.75) is 117 Å². The van der Waals surface area contributed by atoms with Gasteiger partial charge in [-0.3, -0.25) is 9.97 Å². The number of nitrogens with zero attached hydrogens (tertiary/aromatic N) is 2. The number of hydrogen-bond donors (Lipinski definition) is 3. The average molecular weight is 641 g/mol. The van der Waals surface area contributed by atoms with Gasteiger partial charge in [0, 0.05) is 23.6 Å². The summed E-state index contributed by atoms with van der Waals surface area (Å²) in [4.78, 5) is 9.65. The Morgan fingerprint density at radius 1 is 1.02 bits per heavy atom. The summed E-state index contributed by atoms with van der Waals surface area (Å²) in [6.45, 7) is 21.5. The summed E-state index contributed by atoms with van der Waals surface area (Å²) in [5, 5.41) is 0. The number of hydrogen-bond acceptors (Lipinski definition) is 5. The maximum Gasteiger partial charge on any atom is 0.104 e. The Kier molecular flexibility index (Phi) is 9.23. The Balaban J connectivity index is 0.00000120. The summed E-state index contributed by atoms with van der Waals surface area (Å²) in [5.41, 5.74) is 5.80. The Morgan fingerprint density at radius 3 is 2.35 bits per heavy atom. The molecule has 5 fully saturated rings. The second kappa shape index (κ2) is 11.7. The molecule has 2 nitrogen and oxygen atoms in total. The third-order valence-electron chi connectivity index (χ3n) is 13.8. The quantitative estimate of drug-likeness (QED) is 0.195. The Labute approximate surface area is 280 Å². The number of fused-ring (bicyclic) bond motifs is 6. The highest BCUT2D eigenvalue weighted by Crippen LogP contribution is 2.98. The van der Waals surface area contributed by atoms with Crippen LogP contribution in [-0.2, 0) is 6.42 Å². The van der Waals surface area contributed by atoms with Crippen molar-refractivity contribution in [3.63, 3.8) is 0 Å². The summed E-state index contributed by atoms with van der Waals surface area (Å²) in [5.74, 6) is 7.77. The van der Waals surface area contributed by atoms with Crippen LogP contribution >= 0.6 is 37.9 Å². The van der Waals surface area contributed by atoms with E-state index in [4.69, 9.17) is 16.5 Å². The van der Waals surface area contributed by atoms with Gasteiger partial charge in [-0.1, -0.05) is 75.0 Å². The van der Waals surface area contributed by atoms with Crippen LogP contribution in [0.2, 0.25) is 0 Å². The van der Waals surface area contributed by atoms with Crippen molar-refractivity contribution in [1.29, 1.82) is 0 Å². The summed E-state index contributed by atoms with van der Waals surface area (Å²) >= 11 is 13.3. The summed E-state index contributed by atoms with van der Waals surface area (Å²) in [7, 11) is 0. The van der Waals surface area contributed by atoms with E-state index in [1.807, 2.05) is 26.2 Å². The van der Waals surface area contributed by atoms with Crippen molar-refractivity contribution in [2.24, 2.45) is 69.5 Å². The van der Waals surface area contributed by atoms with E-state index in [2.05, 4.69) is 78.6 Å². The zero-order valence-electron chi connectivity index (χ0n) is 27.2. The predicted octanol–water partition coefficient (Wildman–Crippen LogP) is 10.9. The minimum atomic E-state index is -0.689. The zero-order chi connectivity index (χ0) is 30.4. The van der Waals surface area contributed by atoms with Crippen molar-refractivity contribution < 1.29 is 0 Å². The highest BCUT2D eigenvalue weighted by Gasteiger charge is 2.94. The number of allylic oxidation sites excluding steroid dienone is 3. The number of rotatable bonds is 8. The van der Waals surface area contributed by atoms with Crippen LogP contribution in [0.1, 0.15) is 119 Å². The zero-order valence-corrected chi connectivity index (χ0v) is 29.9. The van der Waals surface area contributed by atoms with Gasteiger partial charge in [-0.25, -0.2) is 0 Å². The van der Waals surface area contributed by atoms with E-state index >= 15 is 0 Å². The molecule has 1 aromatic rings. The van der Waals surface area contributed by atoms with Crippen LogP contribution in [-0.4, -0.2) is 13.4 Å². The Hall–Kier alpha value is -0.390. The molecule has 1 spiro atoms. The first-order valence-corrected chi connectivity index (χ1v) is 18.6. The predicted molar refractivity (Wildman–Crippen MR) is 195 cm³/mol. The van der Waals surface area contributed by atoms with Crippen molar-refractivity contribution in [3.05, 3.63) is 42.0 Å². The lowest BCUT2D eigenvalue weighted by Gasteiger charge is -2.60. The van der Waals surface area contributed by atoms with E-state index in [1.165, 1.54) is 62.5 Å². The molecular formula is C38H60N2S3. The molecule has 1 heterocycles. The third kappa shape index (κ3) is 4.97. The van der Waals surface area contributed by atoms with E-state index in [0.29, 0.717) is 17.3 Å². The SMILES string of the molecule is C.C=C1C(c2cnc(CC(S)(S)S)cn2)=CC2C3C4CC5C6CCC(CC(CC)CC(C)C)C6(C)CCC5C1(C)C243.CC. The fourth-order valence-electron chi connectivity index (χ4n) is 12.1. The van der Waals surface area contributed by atoms with Gasteiger partial charge < -0.3 is 0 Å². The monoisotopic (exact) mass is 640 g/mol. The first kappa shape index (κ1) is 34.0. The molecule has 0 amide bonds. The second-order valence-electron chi connectivity index (χ2n) is 15.8. The molecule has 11 atom stereocenters. The number of thiol groups is 3. The van der Waals surface area contributed by atoms with E-state index in [9.17, 15) is 0 Å². The maximum atomic E-state index is 4.91. The molecule has 7 rings (SSSR count). The van der Waals surface area contributed by atoms with Crippen LogP contribution in [0.5, 0.6) is 0 Å². The molecular weight excluding hydrogens is 581 g/mol. The average Bonchev–Trinajstić information content (AvgIpc) is 3.78. The minimum absolute atomic E-state index is 0. The number of aromatic nitrogens is 2. The lowest BCUT2D eigenvalue weighted by atomic mass is 9.43. The van der Waals surface area contributed by atoms with Crippen LogP contribution in [0.4, 0.5) is 0 Å². The molecule has 0 saturated heterocycles. The Morgan fingerprint density at radius 2 is 1.74 bits per heavy atom.